The zero-order chi connectivity index (χ0) is 22.3. The van der Waals surface area contributed by atoms with E-state index in [0.29, 0.717) is 24.3 Å². The lowest BCUT2D eigenvalue weighted by Crippen LogP contribution is -2.23. The van der Waals surface area contributed by atoms with Crippen LogP contribution in [-0.4, -0.2) is 29.9 Å². The van der Waals surface area contributed by atoms with Gasteiger partial charge in [-0.2, -0.15) is 5.10 Å². The van der Waals surface area contributed by atoms with Gasteiger partial charge in [-0.1, -0.05) is 42.5 Å². The zero-order valence-corrected chi connectivity index (χ0v) is 18.1. The zero-order valence-electron chi connectivity index (χ0n) is 18.1. The van der Waals surface area contributed by atoms with E-state index < -0.39 is 0 Å². The topological polar surface area (TPSA) is 65.4 Å². The molecule has 4 aromatic rings. The first-order valence-corrected chi connectivity index (χ1v) is 10.3. The Labute approximate surface area is 187 Å². The van der Waals surface area contributed by atoms with Crippen molar-refractivity contribution in [3.8, 4) is 22.8 Å². The minimum Gasteiger partial charge on any atom is -0.497 e. The number of nitrogens with one attached hydrogen (secondary N) is 1. The second-order valence-corrected chi connectivity index (χ2v) is 7.34. The van der Waals surface area contributed by atoms with Gasteiger partial charge in [0.05, 0.1) is 26.3 Å². The van der Waals surface area contributed by atoms with Gasteiger partial charge in [0.2, 0.25) is 0 Å². The number of ether oxygens (including phenoxy) is 2. The van der Waals surface area contributed by atoms with Crippen LogP contribution in [0, 0.1) is 0 Å². The summed E-state index contributed by atoms with van der Waals surface area (Å²) in [6.45, 7) is 0.967. The molecule has 6 nitrogen and oxygen atoms in total. The molecule has 4 rings (SSSR count). The van der Waals surface area contributed by atoms with Gasteiger partial charge in [0.25, 0.3) is 5.91 Å². The molecule has 0 unspecified atom stereocenters. The summed E-state index contributed by atoms with van der Waals surface area (Å²) in [5, 5.41) is 7.73. The highest BCUT2D eigenvalue weighted by Crippen LogP contribution is 2.25. The highest BCUT2D eigenvalue weighted by atomic mass is 16.5. The molecule has 0 radical (unpaired) electrons. The third-order valence-corrected chi connectivity index (χ3v) is 5.14. The lowest BCUT2D eigenvalue weighted by Gasteiger charge is -2.07. The molecule has 0 aliphatic rings. The number of carbonyl (C=O) groups excluding carboxylic acids is 1. The molecule has 3 aromatic carbocycles. The summed E-state index contributed by atoms with van der Waals surface area (Å²) in [5.74, 6) is 1.32. The Kier molecular flexibility index (Phi) is 6.51. The molecule has 0 aliphatic carbocycles. The van der Waals surface area contributed by atoms with Gasteiger partial charge in [-0.05, 0) is 47.5 Å². The Hall–Kier alpha value is -4.06. The fourth-order valence-corrected chi connectivity index (χ4v) is 3.46. The van der Waals surface area contributed by atoms with Crippen LogP contribution in [0.3, 0.4) is 0 Å². The lowest BCUT2D eigenvalue weighted by atomic mass is 10.1. The van der Waals surface area contributed by atoms with Gasteiger partial charge >= 0.3 is 0 Å². The Morgan fingerprint density at radius 3 is 2.31 bits per heavy atom. The molecule has 1 N–H and O–H groups in total. The van der Waals surface area contributed by atoms with Gasteiger partial charge < -0.3 is 14.8 Å². The van der Waals surface area contributed by atoms with Crippen LogP contribution < -0.4 is 14.8 Å². The summed E-state index contributed by atoms with van der Waals surface area (Å²) in [4.78, 5) is 13.1. The highest BCUT2D eigenvalue weighted by Gasteiger charge is 2.18. The molecule has 1 aromatic heterocycles. The van der Waals surface area contributed by atoms with Crippen LogP contribution in [0.15, 0.2) is 85.1 Å². The van der Waals surface area contributed by atoms with E-state index in [9.17, 15) is 4.79 Å². The van der Waals surface area contributed by atoms with E-state index in [1.807, 2.05) is 78.9 Å². The average Bonchev–Trinajstić information content (AvgIpc) is 3.27. The first kappa shape index (κ1) is 21.2. The van der Waals surface area contributed by atoms with Crippen molar-refractivity contribution >= 4 is 5.91 Å². The molecule has 0 saturated heterocycles. The van der Waals surface area contributed by atoms with Crippen LogP contribution in [0.25, 0.3) is 11.3 Å². The predicted octanol–water partition coefficient (Wildman–Crippen LogP) is 4.55. The number of nitrogens with zero attached hydrogens (tertiary/aromatic N) is 2. The maximum Gasteiger partial charge on any atom is 0.255 e. The first-order valence-electron chi connectivity index (χ1n) is 10.3. The monoisotopic (exact) mass is 427 g/mol. The largest absolute Gasteiger partial charge is 0.497 e. The van der Waals surface area contributed by atoms with Crippen molar-refractivity contribution < 1.29 is 14.3 Å². The number of rotatable bonds is 8. The van der Waals surface area contributed by atoms with Gasteiger partial charge in [0.15, 0.2) is 0 Å². The summed E-state index contributed by atoms with van der Waals surface area (Å²) in [5.41, 5.74) is 4.07. The maximum atomic E-state index is 13.1. The average molecular weight is 428 g/mol. The minimum atomic E-state index is -0.182. The van der Waals surface area contributed by atoms with Crippen LogP contribution >= 0.6 is 0 Å². The summed E-state index contributed by atoms with van der Waals surface area (Å²) in [6, 6.07) is 25.2. The number of benzene rings is 3. The molecule has 0 bridgehead atoms. The molecular weight excluding hydrogens is 402 g/mol. The molecule has 1 heterocycles. The number of aromatic nitrogens is 2. The van der Waals surface area contributed by atoms with Crippen LogP contribution in [0.1, 0.15) is 21.5 Å². The quantitative estimate of drug-likeness (QED) is 0.448. The number of hydrogen-bond acceptors (Lipinski definition) is 4. The molecule has 6 heteroatoms. The third kappa shape index (κ3) is 4.98. The Morgan fingerprint density at radius 1 is 0.875 bits per heavy atom. The van der Waals surface area contributed by atoms with Crippen LogP contribution in [-0.2, 0) is 13.1 Å². The van der Waals surface area contributed by atoms with Crippen LogP contribution in [0.2, 0.25) is 0 Å². The molecule has 32 heavy (non-hydrogen) atoms. The van der Waals surface area contributed by atoms with Crippen molar-refractivity contribution in [2.75, 3.05) is 14.2 Å². The molecule has 162 valence electrons. The summed E-state index contributed by atoms with van der Waals surface area (Å²) in [6.07, 6.45) is 1.80. The standard InChI is InChI=1S/C26H25N3O3/c1-31-22-13-11-21(12-14-22)25-24(18-29(28-25)17-19-7-4-3-5-8-19)26(30)27-16-20-9-6-10-23(15-20)32-2/h3-15,18H,16-17H2,1-2H3,(H,27,30). The number of amides is 1. The Morgan fingerprint density at radius 2 is 1.59 bits per heavy atom. The van der Waals surface area contributed by atoms with E-state index in [0.717, 1.165) is 28.2 Å². The minimum absolute atomic E-state index is 0.182. The van der Waals surface area contributed by atoms with E-state index in [2.05, 4.69) is 5.32 Å². The van der Waals surface area contributed by atoms with Gasteiger partial charge in [-0.15, -0.1) is 0 Å². The van der Waals surface area contributed by atoms with Crippen LogP contribution in [0.5, 0.6) is 11.5 Å². The van der Waals surface area contributed by atoms with Crippen molar-refractivity contribution in [1.82, 2.24) is 15.1 Å². The Bertz CT molecular complexity index is 1180. The fourth-order valence-electron chi connectivity index (χ4n) is 3.46. The van der Waals surface area contributed by atoms with Crippen molar-refractivity contribution in [2.45, 2.75) is 13.1 Å². The van der Waals surface area contributed by atoms with Crippen molar-refractivity contribution in [2.24, 2.45) is 0 Å². The summed E-state index contributed by atoms with van der Waals surface area (Å²) >= 11 is 0. The van der Waals surface area contributed by atoms with Crippen molar-refractivity contribution in [1.29, 1.82) is 0 Å². The molecule has 1 amide bonds. The lowest BCUT2D eigenvalue weighted by molar-refractivity contribution is 0.0951. The first-order chi connectivity index (χ1) is 15.7. The summed E-state index contributed by atoms with van der Waals surface area (Å²) in [7, 11) is 3.25. The smallest absolute Gasteiger partial charge is 0.255 e. The highest BCUT2D eigenvalue weighted by molar-refractivity contribution is 5.99. The maximum absolute atomic E-state index is 13.1. The number of carbonyl (C=O) groups is 1. The molecule has 0 fully saturated rings. The second kappa shape index (κ2) is 9.83. The van der Waals surface area contributed by atoms with Gasteiger partial charge in [0, 0.05) is 18.3 Å². The van der Waals surface area contributed by atoms with E-state index in [1.165, 1.54) is 0 Å². The molecular formula is C26H25N3O3. The molecule has 0 aliphatic heterocycles. The van der Waals surface area contributed by atoms with Gasteiger partial charge in [-0.25, -0.2) is 0 Å². The number of hydrogen-bond donors (Lipinski definition) is 1. The van der Waals surface area contributed by atoms with Crippen molar-refractivity contribution in [3.63, 3.8) is 0 Å². The van der Waals surface area contributed by atoms with Crippen LogP contribution in [0.4, 0.5) is 0 Å². The van der Waals surface area contributed by atoms with E-state index in [-0.39, 0.29) is 5.91 Å². The Balaban J connectivity index is 1.60. The normalized spacial score (nSPS) is 10.6. The molecule has 0 spiro atoms. The molecule has 0 saturated carbocycles. The number of methoxy groups -OCH3 is 2. The van der Waals surface area contributed by atoms with Crippen molar-refractivity contribution in [3.05, 3.63) is 102 Å². The van der Waals surface area contributed by atoms with Gasteiger partial charge in [0.1, 0.15) is 17.2 Å². The molecule has 0 atom stereocenters. The predicted molar refractivity (Wildman–Crippen MR) is 124 cm³/mol. The van der Waals surface area contributed by atoms with E-state index in [4.69, 9.17) is 14.6 Å². The SMILES string of the molecule is COc1ccc(-c2nn(Cc3ccccc3)cc2C(=O)NCc2cccc(OC)c2)cc1. The van der Waals surface area contributed by atoms with E-state index in [1.54, 1.807) is 25.1 Å². The third-order valence-electron chi connectivity index (χ3n) is 5.14. The van der Waals surface area contributed by atoms with Gasteiger partial charge in [-0.3, -0.25) is 9.48 Å². The van der Waals surface area contributed by atoms with E-state index >= 15 is 0 Å². The summed E-state index contributed by atoms with van der Waals surface area (Å²) < 4.78 is 12.3. The fraction of sp³-hybridized carbons (Fsp3) is 0.154. The second-order valence-electron chi connectivity index (χ2n) is 7.34.